The number of rotatable bonds is 8. The Hall–Kier alpha value is -3.52. The monoisotopic (exact) mass is 396 g/mol. The molecule has 0 saturated heterocycles. The van der Waals surface area contributed by atoms with E-state index in [4.69, 9.17) is 9.47 Å². The summed E-state index contributed by atoms with van der Waals surface area (Å²) in [7, 11) is 3.13. The van der Waals surface area contributed by atoms with Crippen LogP contribution in [0.3, 0.4) is 0 Å². The summed E-state index contributed by atoms with van der Waals surface area (Å²) in [5, 5.41) is 19.9. The van der Waals surface area contributed by atoms with Crippen LogP contribution < -0.4 is 20.1 Å². The molecule has 3 N–H and O–H groups in total. The summed E-state index contributed by atoms with van der Waals surface area (Å²) in [4.78, 5) is 12.0. The van der Waals surface area contributed by atoms with Crippen molar-refractivity contribution in [2.75, 3.05) is 20.8 Å². The topological polar surface area (TPSA) is 97.6 Å². The maximum absolute atomic E-state index is 12.0. The number of hydrogen-bond acceptors (Lipinski definition) is 5. The second kappa shape index (κ2) is 9.61. The van der Waals surface area contributed by atoms with E-state index in [1.807, 2.05) is 42.6 Å². The van der Waals surface area contributed by atoms with Crippen molar-refractivity contribution >= 4 is 6.03 Å². The number of amides is 2. The van der Waals surface area contributed by atoms with E-state index >= 15 is 0 Å². The average Bonchev–Trinajstić information content (AvgIpc) is 3.30. The number of aliphatic hydroxyl groups is 1. The molecule has 3 rings (SSSR count). The first-order valence-electron chi connectivity index (χ1n) is 9.11. The number of aromatic nitrogens is 2. The molecule has 0 aliphatic rings. The minimum Gasteiger partial charge on any atom is -0.493 e. The van der Waals surface area contributed by atoms with Crippen LogP contribution >= 0.6 is 0 Å². The highest BCUT2D eigenvalue weighted by molar-refractivity contribution is 5.73. The van der Waals surface area contributed by atoms with Crippen LogP contribution in [0.25, 0.3) is 5.69 Å². The SMILES string of the molecule is COc1ccc(CNC(=O)NCC(O)c2ccc(-n3cccn3)cc2)cc1OC. The fourth-order valence-corrected chi connectivity index (χ4v) is 2.81. The number of methoxy groups -OCH3 is 2. The molecule has 0 spiro atoms. The van der Waals surface area contributed by atoms with Crippen LogP contribution in [-0.4, -0.2) is 41.7 Å². The Morgan fingerprint density at radius 3 is 2.52 bits per heavy atom. The van der Waals surface area contributed by atoms with Gasteiger partial charge in [-0.25, -0.2) is 9.48 Å². The van der Waals surface area contributed by atoms with Crippen LogP contribution in [0, 0.1) is 0 Å². The van der Waals surface area contributed by atoms with Crippen molar-refractivity contribution < 1.29 is 19.4 Å². The molecule has 0 saturated carbocycles. The highest BCUT2D eigenvalue weighted by atomic mass is 16.5. The number of nitrogens with zero attached hydrogens (tertiary/aromatic N) is 2. The Kier molecular flexibility index (Phi) is 6.70. The average molecular weight is 396 g/mol. The molecular weight excluding hydrogens is 372 g/mol. The second-order valence-corrected chi connectivity index (χ2v) is 6.31. The van der Waals surface area contributed by atoms with Crippen molar-refractivity contribution in [3.8, 4) is 17.2 Å². The molecule has 29 heavy (non-hydrogen) atoms. The van der Waals surface area contributed by atoms with Crippen molar-refractivity contribution in [3.05, 3.63) is 72.1 Å². The first kappa shape index (κ1) is 20.2. The van der Waals surface area contributed by atoms with E-state index < -0.39 is 6.10 Å². The van der Waals surface area contributed by atoms with Crippen molar-refractivity contribution in [1.29, 1.82) is 0 Å². The van der Waals surface area contributed by atoms with Crippen LogP contribution in [0.1, 0.15) is 17.2 Å². The zero-order chi connectivity index (χ0) is 20.6. The summed E-state index contributed by atoms with van der Waals surface area (Å²) in [5.74, 6) is 1.23. The van der Waals surface area contributed by atoms with E-state index in [1.165, 1.54) is 0 Å². The summed E-state index contributed by atoms with van der Waals surface area (Å²) < 4.78 is 12.2. The first-order chi connectivity index (χ1) is 14.1. The number of urea groups is 1. The number of ether oxygens (including phenoxy) is 2. The smallest absolute Gasteiger partial charge is 0.315 e. The van der Waals surface area contributed by atoms with Gasteiger partial charge in [0.1, 0.15) is 0 Å². The van der Waals surface area contributed by atoms with Gasteiger partial charge in [0.2, 0.25) is 0 Å². The lowest BCUT2D eigenvalue weighted by molar-refractivity contribution is 0.173. The number of nitrogens with one attached hydrogen (secondary N) is 2. The molecule has 0 aliphatic carbocycles. The minimum absolute atomic E-state index is 0.0961. The molecule has 8 heteroatoms. The van der Waals surface area contributed by atoms with E-state index in [2.05, 4.69) is 15.7 Å². The molecule has 1 heterocycles. The van der Waals surface area contributed by atoms with Crippen LogP contribution in [0.2, 0.25) is 0 Å². The summed E-state index contributed by atoms with van der Waals surface area (Å²) in [5.41, 5.74) is 2.47. The normalized spacial score (nSPS) is 11.6. The number of carbonyl (C=O) groups excluding carboxylic acids is 1. The predicted octanol–water partition coefficient (Wildman–Crippen LogP) is 2.42. The van der Waals surface area contributed by atoms with Crippen LogP contribution in [0.5, 0.6) is 11.5 Å². The van der Waals surface area contributed by atoms with E-state index in [1.54, 1.807) is 37.2 Å². The maximum Gasteiger partial charge on any atom is 0.315 e. The van der Waals surface area contributed by atoms with Gasteiger partial charge in [0.15, 0.2) is 11.5 Å². The summed E-state index contributed by atoms with van der Waals surface area (Å²) in [6, 6.07) is 14.2. The Morgan fingerprint density at radius 1 is 1.10 bits per heavy atom. The van der Waals surface area contributed by atoms with Crippen LogP contribution in [0.4, 0.5) is 4.79 Å². The molecule has 1 atom stereocenters. The van der Waals surface area contributed by atoms with Gasteiger partial charge in [-0.2, -0.15) is 5.10 Å². The Morgan fingerprint density at radius 2 is 1.86 bits per heavy atom. The third kappa shape index (κ3) is 5.26. The molecule has 0 aliphatic heterocycles. The quantitative estimate of drug-likeness (QED) is 0.543. The van der Waals surface area contributed by atoms with Gasteiger partial charge in [0.25, 0.3) is 0 Å². The highest BCUT2D eigenvalue weighted by Gasteiger charge is 2.10. The number of aliphatic hydroxyl groups excluding tert-OH is 1. The van der Waals surface area contributed by atoms with Gasteiger partial charge in [-0.3, -0.25) is 0 Å². The fourth-order valence-electron chi connectivity index (χ4n) is 2.81. The minimum atomic E-state index is -0.812. The summed E-state index contributed by atoms with van der Waals surface area (Å²) >= 11 is 0. The van der Waals surface area contributed by atoms with Gasteiger partial charge in [-0.15, -0.1) is 0 Å². The molecule has 152 valence electrons. The number of benzene rings is 2. The molecule has 1 aromatic heterocycles. The van der Waals surface area contributed by atoms with Gasteiger partial charge in [0.05, 0.1) is 26.0 Å². The molecule has 8 nitrogen and oxygen atoms in total. The third-order valence-electron chi connectivity index (χ3n) is 4.40. The highest BCUT2D eigenvalue weighted by Crippen LogP contribution is 2.27. The number of carbonyl (C=O) groups is 1. The Labute approximate surface area is 169 Å². The third-order valence-corrected chi connectivity index (χ3v) is 4.40. The first-order valence-corrected chi connectivity index (χ1v) is 9.11. The maximum atomic E-state index is 12.0. The van der Waals surface area contributed by atoms with Crippen molar-refractivity contribution in [3.63, 3.8) is 0 Å². The standard InChI is InChI=1S/C21H24N4O4/c1-28-19-9-4-15(12-20(19)29-2)13-22-21(27)23-14-18(26)16-5-7-17(8-6-16)25-11-3-10-24-25/h3-12,18,26H,13-14H2,1-2H3,(H2,22,23,27). The zero-order valence-corrected chi connectivity index (χ0v) is 16.3. The van der Waals surface area contributed by atoms with Crippen molar-refractivity contribution in [2.45, 2.75) is 12.6 Å². The van der Waals surface area contributed by atoms with Gasteiger partial charge < -0.3 is 25.2 Å². The van der Waals surface area contributed by atoms with Crippen molar-refractivity contribution in [1.82, 2.24) is 20.4 Å². The van der Waals surface area contributed by atoms with Gasteiger partial charge >= 0.3 is 6.03 Å². The molecular formula is C21H24N4O4. The molecule has 3 aromatic rings. The summed E-state index contributed by atoms with van der Waals surface area (Å²) in [6.45, 7) is 0.416. The Balaban J connectivity index is 1.47. The van der Waals surface area contributed by atoms with Crippen LogP contribution in [0.15, 0.2) is 60.9 Å². The van der Waals surface area contributed by atoms with Gasteiger partial charge in [-0.1, -0.05) is 18.2 Å². The Bertz CT molecular complexity index is 926. The lowest BCUT2D eigenvalue weighted by atomic mass is 10.1. The van der Waals surface area contributed by atoms with Crippen LogP contribution in [-0.2, 0) is 6.54 Å². The molecule has 0 radical (unpaired) electrons. The van der Waals surface area contributed by atoms with E-state index in [0.717, 1.165) is 11.3 Å². The second-order valence-electron chi connectivity index (χ2n) is 6.31. The molecule has 2 aromatic carbocycles. The van der Waals surface area contributed by atoms with E-state index in [9.17, 15) is 9.90 Å². The largest absolute Gasteiger partial charge is 0.493 e. The lowest BCUT2D eigenvalue weighted by Crippen LogP contribution is -2.37. The van der Waals surface area contributed by atoms with Gasteiger partial charge in [0, 0.05) is 25.5 Å². The predicted molar refractivity (Wildman–Crippen MR) is 108 cm³/mol. The molecule has 2 amide bonds. The van der Waals surface area contributed by atoms with Gasteiger partial charge in [-0.05, 0) is 41.5 Å². The fraction of sp³-hybridized carbons (Fsp3) is 0.238. The number of hydrogen-bond donors (Lipinski definition) is 3. The molecule has 0 fully saturated rings. The van der Waals surface area contributed by atoms with E-state index in [-0.39, 0.29) is 12.6 Å². The molecule has 0 bridgehead atoms. The lowest BCUT2D eigenvalue weighted by Gasteiger charge is -2.14. The summed E-state index contributed by atoms with van der Waals surface area (Å²) in [6.07, 6.45) is 2.73. The van der Waals surface area contributed by atoms with Crippen molar-refractivity contribution in [2.24, 2.45) is 0 Å². The molecule has 1 unspecified atom stereocenters. The zero-order valence-electron chi connectivity index (χ0n) is 16.3. The van der Waals surface area contributed by atoms with E-state index in [0.29, 0.717) is 23.6 Å².